The number of ether oxygens (including phenoxy) is 2. The molecule has 2 saturated heterocycles. The maximum atomic E-state index is 12.1. The molecule has 0 bridgehead atoms. The van der Waals surface area contributed by atoms with E-state index in [9.17, 15) is 4.79 Å². The molecule has 0 unspecified atom stereocenters. The monoisotopic (exact) mass is 279 g/mol. The Balaban J connectivity index is 1.41. The van der Waals surface area contributed by atoms with Gasteiger partial charge in [-0.2, -0.15) is 0 Å². The molecule has 0 aromatic carbocycles. The predicted octanol–water partition coefficient (Wildman–Crippen LogP) is 1.82. The molecule has 2 aliphatic heterocycles. The van der Waals surface area contributed by atoms with Crippen LogP contribution in [0.2, 0.25) is 0 Å². The van der Waals surface area contributed by atoms with Gasteiger partial charge < -0.3 is 18.8 Å². The number of carbonyl (C=O) groups is 1. The standard InChI is InChI=1S/C15H21NO4/c17-14(4-3-13-2-1-9-18-13)16-7-5-12(6-8-16)15-19-10-11-20-15/h1-2,9,12,15H,3-8,10-11H2. The van der Waals surface area contributed by atoms with Crippen molar-refractivity contribution in [2.24, 2.45) is 5.92 Å². The van der Waals surface area contributed by atoms with E-state index in [2.05, 4.69) is 0 Å². The summed E-state index contributed by atoms with van der Waals surface area (Å²) < 4.78 is 16.3. The molecule has 3 rings (SSSR count). The van der Waals surface area contributed by atoms with E-state index in [0.29, 0.717) is 32.0 Å². The van der Waals surface area contributed by atoms with Gasteiger partial charge in [-0.15, -0.1) is 0 Å². The summed E-state index contributed by atoms with van der Waals surface area (Å²) >= 11 is 0. The Morgan fingerprint density at radius 1 is 1.25 bits per heavy atom. The lowest BCUT2D eigenvalue weighted by molar-refractivity contribution is -0.136. The third-order valence-corrected chi connectivity index (χ3v) is 4.09. The highest BCUT2D eigenvalue weighted by atomic mass is 16.7. The topological polar surface area (TPSA) is 51.9 Å². The molecule has 5 heteroatoms. The van der Waals surface area contributed by atoms with Crippen molar-refractivity contribution >= 4 is 5.91 Å². The summed E-state index contributed by atoms with van der Waals surface area (Å²) in [5.74, 6) is 1.53. The number of nitrogens with zero attached hydrogens (tertiary/aromatic N) is 1. The van der Waals surface area contributed by atoms with Gasteiger partial charge in [-0.25, -0.2) is 0 Å². The summed E-state index contributed by atoms with van der Waals surface area (Å²) in [5, 5.41) is 0. The van der Waals surface area contributed by atoms with Crippen LogP contribution in [-0.4, -0.2) is 43.4 Å². The fourth-order valence-corrected chi connectivity index (χ4v) is 2.91. The molecule has 0 radical (unpaired) electrons. The second kappa shape index (κ2) is 6.41. The normalized spacial score (nSPS) is 21.5. The van der Waals surface area contributed by atoms with Crippen LogP contribution in [0.3, 0.4) is 0 Å². The van der Waals surface area contributed by atoms with E-state index >= 15 is 0 Å². The van der Waals surface area contributed by atoms with Crippen molar-refractivity contribution < 1.29 is 18.7 Å². The third-order valence-electron chi connectivity index (χ3n) is 4.09. The summed E-state index contributed by atoms with van der Waals surface area (Å²) in [6, 6.07) is 3.77. The highest BCUT2D eigenvalue weighted by Gasteiger charge is 2.31. The molecule has 5 nitrogen and oxygen atoms in total. The second-order valence-corrected chi connectivity index (χ2v) is 5.41. The molecular formula is C15H21NO4. The minimum atomic E-state index is -0.0460. The Bertz CT molecular complexity index is 417. The number of piperidine rings is 1. The Morgan fingerprint density at radius 2 is 2.00 bits per heavy atom. The Labute approximate surface area is 118 Å². The van der Waals surface area contributed by atoms with E-state index < -0.39 is 0 Å². The summed E-state index contributed by atoms with van der Waals surface area (Å²) in [6.45, 7) is 3.02. The zero-order valence-electron chi connectivity index (χ0n) is 11.6. The average molecular weight is 279 g/mol. The molecule has 1 aromatic heterocycles. The first-order chi connectivity index (χ1) is 9.83. The number of aryl methyl sites for hydroxylation is 1. The van der Waals surface area contributed by atoms with Gasteiger partial charge in [0.1, 0.15) is 5.76 Å². The van der Waals surface area contributed by atoms with Gasteiger partial charge in [0.25, 0.3) is 0 Å². The van der Waals surface area contributed by atoms with Crippen LogP contribution in [0.4, 0.5) is 0 Å². The number of hydrogen-bond acceptors (Lipinski definition) is 4. The molecule has 1 aromatic rings. The molecule has 0 N–H and O–H groups in total. The van der Waals surface area contributed by atoms with Gasteiger partial charge in [0, 0.05) is 31.8 Å². The molecule has 1 amide bonds. The van der Waals surface area contributed by atoms with Crippen molar-refractivity contribution in [2.45, 2.75) is 32.0 Å². The number of furan rings is 1. The van der Waals surface area contributed by atoms with Crippen LogP contribution in [0.25, 0.3) is 0 Å². The number of hydrogen-bond donors (Lipinski definition) is 0. The van der Waals surface area contributed by atoms with E-state index in [0.717, 1.165) is 31.7 Å². The summed E-state index contributed by atoms with van der Waals surface area (Å²) in [5.41, 5.74) is 0. The Hall–Kier alpha value is -1.33. The maximum Gasteiger partial charge on any atom is 0.223 e. The third kappa shape index (κ3) is 3.22. The molecule has 0 aliphatic carbocycles. The Morgan fingerprint density at radius 3 is 2.65 bits per heavy atom. The number of carbonyl (C=O) groups excluding carboxylic acids is 1. The van der Waals surface area contributed by atoms with Crippen molar-refractivity contribution in [3.8, 4) is 0 Å². The summed E-state index contributed by atoms with van der Waals surface area (Å²) in [7, 11) is 0. The van der Waals surface area contributed by atoms with Gasteiger partial charge in [-0.3, -0.25) is 4.79 Å². The van der Waals surface area contributed by atoms with Gasteiger partial charge in [0.15, 0.2) is 6.29 Å². The van der Waals surface area contributed by atoms with Gasteiger partial charge in [0.05, 0.1) is 19.5 Å². The average Bonchev–Trinajstić information content (AvgIpc) is 3.18. The second-order valence-electron chi connectivity index (χ2n) is 5.41. The van der Waals surface area contributed by atoms with Crippen LogP contribution < -0.4 is 0 Å². The highest BCUT2D eigenvalue weighted by Crippen LogP contribution is 2.26. The van der Waals surface area contributed by atoms with Gasteiger partial charge in [0.2, 0.25) is 5.91 Å². The number of likely N-dealkylation sites (tertiary alicyclic amines) is 1. The lowest BCUT2D eigenvalue weighted by Gasteiger charge is -2.33. The minimum Gasteiger partial charge on any atom is -0.469 e. The van der Waals surface area contributed by atoms with Crippen LogP contribution in [0.1, 0.15) is 25.0 Å². The number of amides is 1. The summed E-state index contributed by atoms with van der Waals surface area (Å²) in [6.07, 6.45) is 4.74. The van der Waals surface area contributed by atoms with E-state index in [1.54, 1.807) is 6.26 Å². The fraction of sp³-hybridized carbons (Fsp3) is 0.667. The van der Waals surface area contributed by atoms with Gasteiger partial charge >= 0.3 is 0 Å². The fourth-order valence-electron chi connectivity index (χ4n) is 2.91. The molecule has 20 heavy (non-hydrogen) atoms. The predicted molar refractivity (Wildman–Crippen MR) is 72.0 cm³/mol. The maximum absolute atomic E-state index is 12.1. The van der Waals surface area contributed by atoms with Crippen LogP contribution in [0.15, 0.2) is 22.8 Å². The van der Waals surface area contributed by atoms with E-state index in [4.69, 9.17) is 13.9 Å². The van der Waals surface area contributed by atoms with Crippen molar-refractivity contribution in [2.75, 3.05) is 26.3 Å². The van der Waals surface area contributed by atoms with Crippen LogP contribution in [0.5, 0.6) is 0 Å². The SMILES string of the molecule is O=C(CCc1ccco1)N1CCC(C2OCCO2)CC1. The van der Waals surface area contributed by atoms with Crippen molar-refractivity contribution in [3.63, 3.8) is 0 Å². The molecule has 3 heterocycles. The molecule has 0 saturated carbocycles. The lowest BCUT2D eigenvalue weighted by Crippen LogP contribution is -2.41. The minimum absolute atomic E-state index is 0.0460. The first-order valence-corrected chi connectivity index (χ1v) is 7.36. The molecule has 0 atom stereocenters. The Kier molecular flexibility index (Phi) is 4.38. The van der Waals surface area contributed by atoms with Crippen molar-refractivity contribution in [1.82, 2.24) is 4.90 Å². The lowest BCUT2D eigenvalue weighted by atomic mass is 9.96. The van der Waals surface area contributed by atoms with Crippen LogP contribution >= 0.6 is 0 Å². The zero-order valence-corrected chi connectivity index (χ0v) is 11.6. The van der Waals surface area contributed by atoms with E-state index in [1.165, 1.54) is 0 Å². The molecule has 2 aliphatic rings. The summed E-state index contributed by atoms with van der Waals surface area (Å²) in [4.78, 5) is 14.1. The first-order valence-electron chi connectivity index (χ1n) is 7.36. The molecule has 2 fully saturated rings. The van der Waals surface area contributed by atoms with Crippen molar-refractivity contribution in [1.29, 1.82) is 0 Å². The molecular weight excluding hydrogens is 258 g/mol. The smallest absolute Gasteiger partial charge is 0.223 e. The number of rotatable bonds is 4. The highest BCUT2D eigenvalue weighted by molar-refractivity contribution is 5.76. The van der Waals surface area contributed by atoms with Gasteiger partial charge in [-0.05, 0) is 25.0 Å². The quantitative estimate of drug-likeness (QED) is 0.843. The van der Waals surface area contributed by atoms with E-state index in [-0.39, 0.29) is 12.2 Å². The first kappa shape index (κ1) is 13.6. The molecule has 0 spiro atoms. The molecule has 110 valence electrons. The van der Waals surface area contributed by atoms with Crippen LogP contribution in [-0.2, 0) is 20.7 Å². The zero-order chi connectivity index (χ0) is 13.8. The van der Waals surface area contributed by atoms with E-state index in [1.807, 2.05) is 17.0 Å². The van der Waals surface area contributed by atoms with Gasteiger partial charge in [-0.1, -0.05) is 0 Å². The largest absolute Gasteiger partial charge is 0.469 e. The van der Waals surface area contributed by atoms with Crippen molar-refractivity contribution in [3.05, 3.63) is 24.2 Å². The van der Waals surface area contributed by atoms with Crippen LogP contribution in [0, 0.1) is 5.92 Å².